The van der Waals surface area contributed by atoms with Crippen LogP contribution in [0.25, 0.3) is 10.9 Å². The first-order valence-electron chi connectivity index (χ1n) is 13.6. The zero-order valence-electron chi connectivity index (χ0n) is 23.4. The predicted octanol–water partition coefficient (Wildman–Crippen LogP) is 2.54. The van der Waals surface area contributed by atoms with Gasteiger partial charge < -0.3 is 33.9 Å². The van der Waals surface area contributed by atoms with Crippen LogP contribution in [-0.2, 0) is 20.9 Å². The molecule has 2 aliphatic heterocycles. The number of carbonyl (C=O) groups is 2. The van der Waals surface area contributed by atoms with E-state index in [4.69, 9.17) is 23.7 Å². The van der Waals surface area contributed by atoms with E-state index in [1.807, 2.05) is 23.1 Å². The lowest BCUT2D eigenvalue weighted by Crippen LogP contribution is -2.47. The molecular formula is C30H31N5O7. The smallest absolute Gasteiger partial charge is 0.231 e. The highest BCUT2D eigenvalue weighted by Gasteiger charge is 2.28. The van der Waals surface area contributed by atoms with E-state index in [1.54, 1.807) is 19.2 Å². The first-order chi connectivity index (χ1) is 20.5. The fourth-order valence-corrected chi connectivity index (χ4v) is 5.14. The lowest BCUT2D eigenvalue weighted by Gasteiger charge is -2.37. The van der Waals surface area contributed by atoms with Crippen LogP contribution >= 0.6 is 0 Å². The summed E-state index contributed by atoms with van der Waals surface area (Å²) in [6.45, 7) is 4.58. The highest BCUT2D eigenvalue weighted by Crippen LogP contribution is 2.35. The molecule has 1 aliphatic carbocycles. The molecule has 0 radical (unpaired) electrons. The van der Waals surface area contributed by atoms with Crippen LogP contribution < -0.4 is 24.3 Å². The van der Waals surface area contributed by atoms with Gasteiger partial charge >= 0.3 is 0 Å². The van der Waals surface area contributed by atoms with Crippen LogP contribution in [0.4, 0.5) is 5.82 Å². The van der Waals surface area contributed by atoms with Crippen LogP contribution in [0.15, 0.2) is 60.2 Å². The van der Waals surface area contributed by atoms with Gasteiger partial charge in [-0.1, -0.05) is 6.07 Å². The molecule has 0 spiro atoms. The Balaban J connectivity index is 1.11. The molecule has 0 unspecified atom stereocenters. The van der Waals surface area contributed by atoms with Crippen molar-refractivity contribution >= 4 is 28.3 Å². The largest absolute Gasteiger partial charge is 0.493 e. The van der Waals surface area contributed by atoms with Gasteiger partial charge in [0, 0.05) is 63.4 Å². The second-order valence-electron chi connectivity index (χ2n) is 9.98. The number of carbonyl (C=O) groups excluding carboxylic acids is 2. The van der Waals surface area contributed by atoms with Crippen molar-refractivity contribution < 1.29 is 33.3 Å². The normalized spacial score (nSPS) is 16.9. The van der Waals surface area contributed by atoms with Crippen molar-refractivity contribution in [2.75, 3.05) is 65.7 Å². The number of nitrogens with zero attached hydrogens (tertiary/aromatic N) is 4. The quantitative estimate of drug-likeness (QED) is 0.283. The number of ether oxygens (including phenoxy) is 5. The van der Waals surface area contributed by atoms with Crippen molar-refractivity contribution in [3.63, 3.8) is 0 Å². The number of piperazine rings is 1. The van der Waals surface area contributed by atoms with Crippen molar-refractivity contribution in [3.05, 3.63) is 65.8 Å². The number of ketones is 2. The van der Waals surface area contributed by atoms with E-state index in [1.165, 1.54) is 25.6 Å². The van der Waals surface area contributed by atoms with Crippen LogP contribution in [0.1, 0.15) is 5.56 Å². The summed E-state index contributed by atoms with van der Waals surface area (Å²) in [4.78, 5) is 39.2. The molecule has 1 N–H and O–H groups in total. The minimum Gasteiger partial charge on any atom is -0.493 e. The van der Waals surface area contributed by atoms with Gasteiger partial charge in [-0.05, 0) is 23.8 Å². The second kappa shape index (κ2) is 12.0. The monoisotopic (exact) mass is 573 g/mol. The van der Waals surface area contributed by atoms with Gasteiger partial charge in [0.2, 0.25) is 18.4 Å². The average molecular weight is 574 g/mol. The van der Waals surface area contributed by atoms with Gasteiger partial charge in [-0.25, -0.2) is 9.97 Å². The molecule has 2 aromatic carbocycles. The summed E-state index contributed by atoms with van der Waals surface area (Å²) in [6, 6.07) is 9.45. The number of benzene rings is 2. The first-order valence-corrected chi connectivity index (χ1v) is 13.6. The summed E-state index contributed by atoms with van der Waals surface area (Å²) in [7, 11) is 3.14. The zero-order valence-corrected chi connectivity index (χ0v) is 23.4. The number of allylic oxidation sites excluding steroid dienone is 2. The Hall–Kier alpha value is -4.68. The van der Waals surface area contributed by atoms with E-state index >= 15 is 0 Å². The standard InChI is InChI=1S/C30H31N5O7/c1-38-9-10-40-29-14-21-20(12-27(29)39-2)30(32-17-31-21)33-22-13-25(37)23(15-24(22)36)35-7-5-34(6-8-35)16-19-3-4-26-28(11-19)42-18-41-26/h3-4,11-15,17H,5-10,16,18H2,1-2H3,(H,31,32,33). The minimum absolute atomic E-state index is 0.143. The van der Waals surface area contributed by atoms with Gasteiger partial charge in [0.25, 0.3) is 0 Å². The van der Waals surface area contributed by atoms with Crippen LogP contribution in [0.3, 0.4) is 0 Å². The molecule has 6 rings (SSSR count). The number of anilines is 1. The fourth-order valence-electron chi connectivity index (χ4n) is 5.14. The highest BCUT2D eigenvalue weighted by atomic mass is 16.7. The van der Waals surface area contributed by atoms with Crippen molar-refractivity contribution in [1.29, 1.82) is 0 Å². The molecule has 12 nitrogen and oxygen atoms in total. The summed E-state index contributed by atoms with van der Waals surface area (Å²) in [5, 5.41) is 3.65. The van der Waals surface area contributed by atoms with Crippen LogP contribution in [0, 0.1) is 0 Å². The van der Waals surface area contributed by atoms with Crippen molar-refractivity contribution in [2.24, 2.45) is 0 Å². The molecule has 0 amide bonds. The number of methoxy groups -OCH3 is 2. The van der Waals surface area contributed by atoms with Crippen molar-refractivity contribution in [3.8, 4) is 23.0 Å². The lowest BCUT2D eigenvalue weighted by atomic mass is 10.0. The Kier molecular flexibility index (Phi) is 7.89. The Bertz CT molecular complexity index is 1580. The number of fused-ring (bicyclic) bond motifs is 2. The molecule has 0 saturated carbocycles. The maximum absolute atomic E-state index is 13.2. The molecule has 0 bridgehead atoms. The van der Waals surface area contributed by atoms with Gasteiger partial charge in [-0.2, -0.15) is 0 Å². The molecule has 12 heteroatoms. The van der Waals surface area contributed by atoms with Crippen LogP contribution in [-0.4, -0.2) is 91.7 Å². The summed E-state index contributed by atoms with van der Waals surface area (Å²) in [6.07, 6.45) is 4.13. The second-order valence-corrected chi connectivity index (χ2v) is 9.98. The van der Waals surface area contributed by atoms with Crippen LogP contribution in [0.2, 0.25) is 0 Å². The Labute approximate surface area is 242 Å². The number of nitrogens with one attached hydrogen (secondary N) is 1. The fraction of sp³-hybridized carbons (Fsp3) is 0.333. The maximum atomic E-state index is 13.2. The summed E-state index contributed by atoms with van der Waals surface area (Å²) in [5.41, 5.74) is 2.27. The topological polar surface area (TPSA) is 125 Å². The third-order valence-corrected chi connectivity index (χ3v) is 7.34. The molecule has 218 valence electrons. The van der Waals surface area contributed by atoms with E-state index in [0.717, 1.165) is 36.7 Å². The van der Waals surface area contributed by atoms with E-state index < -0.39 is 0 Å². The molecule has 1 saturated heterocycles. The molecular weight excluding hydrogens is 542 g/mol. The summed E-state index contributed by atoms with van der Waals surface area (Å²) >= 11 is 0. The zero-order chi connectivity index (χ0) is 29.1. The number of aromatic nitrogens is 2. The number of hydrogen-bond donors (Lipinski definition) is 1. The predicted molar refractivity (Wildman–Crippen MR) is 153 cm³/mol. The van der Waals surface area contributed by atoms with E-state index in [0.29, 0.717) is 60.2 Å². The maximum Gasteiger partial charge on any atom is 0.231 e. The third-order valence-electron chi connectivity index (χ3n) is 7.34. The summed E-state index contributed by atoms with van der Waals surface area (Å²) in [5.74, 6) is 2.38. The van der Waals surface area contributed by atoms with Crippen LogP contribution in [0.5, 0.6) is 23.0 Å². The molecule has 3 aliphatic rings. The van der Waals surface area contributed by atoms with E-state index in [-0.39, 0.29) is 24.1 Å². The number of hydrogen-bond acceptors (Lipinski definition) is 12. The lowest BCUT2D eigenvalue weighted by molar-refractivity contribution is -0.116. The van der Waals surface area contributed by atoms with Crippen molar-refractivity contribution in [2.45, 2.75) is 6.54 Å². The Morgan fingerprint density at radius 1 is 0.905 bits per heavy atom. The Morgan fingerprint density at radius 3 is 2.55 bits per heavy atom. The van der Waals surface area contributed by atoms with Gasteiger partial charge in [0.1, 0.15) is 18.8 Å². The van der Waals surface area contributed by atoms with Crippen molar-refractivity contribution in [1.82, 2.24) is 19.8 Å². The number of rotatable bonds is 10. The first kappa shape index (κ1) is 27.5. The Morgan fingerprint density at radius 2 is 1.74 bits per heavy atom. The molecule has 1 fully saturated rings. The van der Waals surface area contributed by atoms with Gasteiger partial charge in [-0.3, -0.25) is 14.5 Å². The highest BCUT2D eigenvalue weighted by molar-refractivity contribution is 6.21. The molecule has 1 aromatic heterocycles. The summed E-state index contributed by atoms with van der Waals surface area (Å²) < 4.78 is 27.2. The molecule has 3 heterocycles. The van der Waals surface area contributed by atoms with E-state index in [9.17, 15) is 9.59 Å². The molecule has 3 aromatic rings. The minimum atomic E-state index is -0.300. The van der Waals surface area contributed by atoms with Gasteiger partial charge in [0.05, 0.1) is 30.6 Å². The van der Waals surface area contributed by atoms with Gasteiger partial charge in [0.15, 0.2) is 23.0 Å². The SMILES string of the molecule is COCCOc1cc2ncnc(NC3=CC(=O)C(N4CCN(Cc5ccc6c(c5)OCO6)CC4)=CC3=O)c2cc1OC. The average Bonchev–Trinajstić information content (AvgIpc) is 3.47. The van der Waals surface area contributed by atoms with Gasteiger partial charge in [-0.15, -0.1) is 0 Å². The third kappa shape index (κ3) is 5.71. The molecule has 42 heavy (non-hydrogen) atoms. The molecule has 0 atom stereocenters. The van der Waals surface area contributed by atoms with E-state index in [2.05, 4.69) is 20.2 Å².